The van der Waals surface area contributed by atoms with Gasteiger partial charge in [-0.15, -0.1) is 0 Å². The normalized spacial score (nSPS) is 10.7. The van der Waals surface area contributed by atoms with Gasteiger partial charge in [-0.2, -0.15) is 5.10 Å². The molecule has 0 saturated carbocycles. The van der Waals surface area contributed by atoms with Crippen molar-refractivity contribution in [3.63, 3.8) is 0 Å². The van der Waals surface area contributed by atoms with Gasteiger partial charge in [0.05, 0.1) is 29.4 Å². The fraction of sp³-hybridized carbons (Fsp3) is 0.250. The zero-order chi connectivity index (χ0) is 18.2. The minimum atomic E-state index is -0.536. The van der Waals surface area contributed by atoms with Crippen LogP contribution in [0.25, 0.3) is 0 Å². The molecular weight excluding hydrogens is 348 g/mol. The second-order valence-electron chi connectivity index (χ2n) is 4.69. The van der Waals surface area contributed by atoms with Gasteiger partial charge in [-0.1, -0.05) is 11.6 Å². The van der Waals surface area contributed by atoms with Gasteiger partial charge >= 0.3 is 5.69 Å². The fourth-order valence-corrected chi connectivity index (χ4v) is 2.28. The number of hydrogen-bond acceptors (Lipinski definition) is 7. The molecule has 1 aromatic carbocycles. The van der Waals surface area contributed by atoms with E-state index in [4.69, 9.17) is 21.1 Å². The van der Waals surface area contributed by atoms with Crippen molar-refractivity contribution in [3.05, 3.63) is 51.2 Å². The van der Waals surface area contributed by atoms with Gasteiger partial charge in [-0.05, 0) is 37.6 Å². The maximum atomic E-state index is 10.9. The lowest BCUT2D eigenvalue weighted by Gasteiger charge is -2.13. The minimum Gasteiger partial charge on any atom is -0.490 e. The average molecular weight is 365 g/mol. The number of benzene rings is 1. The summed E-state index contributed by atoms with van der Waals surface area (Å²) in [5.74, 6) is 1.02. The number of anilines is 1. The Kier molecular flexibility index (Phi) is 6.53. The van der Waals surface area contributed by atoms with Gasteiger partial charge in [0.15, 0.2) is 11.5 Å². The molecule has 1 N–H and O–H groups in total. The smallest absolute Gasteiger partial charge is 0.313 e. The van der Waals surface area contributed by atoms with Crippen molar-refractivity contribution in [2.24, 2.45) is 5.10 Å². The monoisotopic (exact) mass is 364 g/mol. The van der Waals surface area contributed by atoms with Crippen LogP contribution >= 0.6 is 11.6 Å². The first kappa shape index (κ1) is 18.5. The third-order valence-corrected chi connectivity index (χ3v) is 3.27. The molecule has 132 valence electrons. The van der Waals surface area contributed by atoms with E-state index in [0.717, 1.165) is 0 Å². The third kappa shape index (κ3) is 4.80. The van der Waals surface area contributed by atoms with Crippen molar-refractivity contribution in [1.29, 1.82) is 0 Å². The summed E-state index contributed by atoms with van der Waals surface area (Å²) in [5, 5.41) is 15.3. The number of nitrogens with one attached hydrogen (secondary N) is 1. The molecule has 8 nitrogen and oxygen atoms in total. The van der Waals surface area contributed by atoms with Gasteiger partial charge in [-0.3, -0.25) is 15.5 Å². The molecule has 0 bridgehead atoms. The van der Waals surface area contributed by atoms with Crippen LogP contribution in [0.2, 0.25) is 5.02 Å². The zero-order valence-corrected chi connectivity index (χ0v) is 14.5. The number of aromatic nitrogens is 1. The van der Waals surface area contributed by atoms with Crippen LogP contribution in [0.3, 0.4) is 0 Å². The Balaban J connectivity index is 2.22. The first-order valence-electron chi connectivity index (χ1n) is 7.54. The summed E-state index contributed by atoms with van der Waals surface area (Å²) >= 11 is 6.22. The summed E-state index contributed by atoms with van der Waals surface area (Å²) in [6, 6.07) is 6.20. The highest BCUT2D eigenvalue weighted by Crippen LogP contribution is 2.36. The van der Waals surface area contributed by atoms with Crippen molar-refractivity contribution >= 4 is 29.3 Å². The summed E-state index contributed by atoms with van der Waals surface area (Å²) in [5.41, 5.74) is 3.03. The molecule has 0 amide bonds. The van der Waals surface area contributed by atoms with Crippen molar-refractivity contribution < 1.29 is 14.4 Å². The van der Waals surface area contributed by atoms with Crippen LogP contribution in [0.5, 0.6) is 11.5 Å². The van der Waals surface area contributed by atoms with E-state index in [9.17, 15) is 10.1 Å². The van der Waals surface area contributed by atoms with Gasteiger partial charge in [0, 0.05) is 12.3 Å². The van der Waals surface area contributed by atoms with Crippen LogP contribution in [0, 0.1) is 10.1 Å². The molecule has 0 aliphatic carbocycles. The van der Waals surface area contributed by atoms with E-state index in [-0.39, 0.29) is 11.5 Å². The van der Waals surface area contributed by atoms with Crippen molar-refractivity contribution in [1.82, 2.24) is 4.98 Å². The second kappa shape index (κ2) is 8.84. The molecule has 0 spiro atoms. The van der Waals surface area contributed by atoms with E-state index in [1.54, 1.807) is 12.1 Å². The second-order valence-corrected chi connectivity index (χ2v) is 5.10. The van der Waals surface area contributed by atoms with E-state index >= 15 is 0 Å². The molecule has 1 heterocycles. The highest BCUT2D eigenvalue weighted by molar-refractivity contribution is 6.32. The molecule has 0 aliphatic heterocycles. The molecule has 0 atom stereocenters. The number of halogens is 1. The molecule has 25 heavy (non-hydrogen) atoms. The molecule has 2 rings (SSSR count). The number of nitro groups is 1. The molecule has 0 saturated heterocycles. The molecule has 0 fully saturated rings. The Morgan fingerprint density at radius 3 is 2.80 bits per heavy atom. The molecule has 2 aromatic rings. The Hall–Kier alpha value is -2.87. The van der Waals surface area contributed by atoms with Crippen LogP contribution in [0.4, 0.5) is 11.5 Å². The van der Waals surface area contributed by atoms with Crippen molar-refractivity contribution in [2.45, 2.75) is 13.8 Å². The Labute approximate surface area is 149 Å². The molecule has 1 aromatic heterocycles. The highest BCUT2D eigenvalue weighted by Gasteiger charge is 2.14. The van der Waals surface area contributed by atoms with Crippen LogP contribution in [0.15, 0.2) is 35.6 Å². The zero-order valence-electron chi connectivity index (χ0n) is 13.7. The first-order chi connectivity index (χ1) is 12.1. The van der Waals surface area contributed by atoms with Crippen LogP contribution in [-0.4, -0.2) is 29.3 Å². The summed E-state index contributed by atoms with van der Waals surface area (Å²) in [6.45, 7) is 4.62. The number of ether oxygens (including phenoxy) is 2. The molecule has 0 radical (unpaired) electrons. The van der Waals surface area contributed by atoms with Gasteiger partial charge in [-0.25, -0.2) is 4.98 Å². The number of hydrogen-bond donors (Lipinski definition) is 1. The van der Waals surface area contributed by atoms with Gasteiger partial charge < -0.3 is 9.47 Å². The quantitative estimate of drug-likeness (QED) is 0.433. The number of rotatable bonds is 8. The summed E-state index contributed by atoms with van der Waals surface area (Å²) < 4.78 is 11.0. The predicted molar refractivity (Wildman–Crippen MR) is 95.9 cm³/mol. The van der Waals surface area contributed by atoms with Gasteiger partial charge in [0.1, 0.15) is 0 Å². The van der Waals surface area contributed by atoms with Crippen LogP contribution in [0.1, 0.15) is 19.4 Å². The summed E-state index contributed by atoms with van der Waals surface area (Å²) in [6.07, 6.45) is 2.90. The lowest BCUT2D eigenvalue weighted by atomic mass is 10.2. The van der Waals surface area contributed by atoms with E-state index in [2.05, 4.69) is 15.5 Å². The van der Waals surface area contributed by atoms with Crippen LogP contribution in [-0.2, 0) is 0 Å². The van der Waals surface area contributed by atoms with Crippen LogP contribution < -0.4 is 14.9 Å². The molecular formula is C16H17ClN4O4. The largest absolute Gasteiger partial charge is 0.490 e. The Bertz CT molecular complexity index is 783. The average Bonchev–Trinajstić information content (AvgIpc) is 2.58. The fourth-order valence-electron chi connectivity index (χ4n) is 2.01. The van der Waals surface area contributed by atoms with Crippen molar-refractivity contribution in [3.8, 4) is 11.5 Å². The summed E-state index contributed by atoms with van der Waals surface area (Å²) in [4.78, 5) is 14.3. The summed E-state index contributed by atoms with van der Waals surface area (Å²) in [7, 11) is 0. The first-order valence-corrected chi connectivity index (χ1v) is 7.92. The SMILES string of the molecule is CCOc1cc(/C=N\Nc2ncccc2[N+](=O)[O-])cc(Cl)c1OCC. The number of nitrogens with zero attached hydrogens (tertiary/aromatic N) is 3. The Morgan fingerprint density at radius 1 is 1.36 bits per heavy atom. The van der Waals surface area contributed by atoms with E-state index in [1.165, 1.54) is 24.5 Å². The van der Waals surface area contributed by atoms with Gasteiger partial charge in [0.2, 0.25) is 5.82 Å². The lowest BCUT2D eigenvalue weighted by Crippen LogP contribution is -2.01. The maximum Gasteiger partial charge on any atom is 0.313 e. The van der Waals surface area contributed by atoms with E-state index in [1.807, 2.05) is 13.8 Å². The molecule has 0 aliphatic rings. The van der Waals surface area contributed by atoms with E-state index < -0.39 is 4.92 Å². The lowest BCUT2D eigenvalue weighted by molar-refractivity contribution is -0.384. The maximum absolute atomic E-state index is 10.9. The van der Waals surface area contributed by atoms with E-state index in [0.29, 0.717) is 35.3 Å². The van der Waals surface area contributed by atoms with Gasteiger partial charge in [0.25, 0.3) is 0 Å². The third-order valence-electron chi connectivity index (χ3n) is 2.99. The van der Waals surface area contributed by atoms with Crippen molar-refractivity contribution in [2.75, 3.05) is 18.6 Å². The number of pyridine rings is 1. The number of hydrazone groups is 1. The molecule has 0 unspecified atom stereocenters. The standard InChI is InChI=1S/C16H17ClN4O4/c1-3-24-14-9-11(8-12(17)15(14)25-4-2)10-19-20-16-13(21(22)23)6-5-7-18-16/h5-10H,3-4H2,1-2H3,(H,18,20)/b19-10-. The topological polar surface area (TPSA) is 98.9 Å². The Morgan fingerprint density at radius 2 is 2.12 bits per heavy atom. The minimum absolute atomic E-state index is 0.0471. The predicted octanol–water partition coefficient (Wildman–Crippen LogP) is 3.89. The highest BCUT2D eigenvalue weighted by atomic mass is 35.5. The molecule has 9 heteroatoms.